The van der Waals surface area contributed by atoms with Crippen LogP contribution in [0.3, 0.4) is 0 Å². The Labute approximate surface area is 185 Å². The number of hydrogen-bond donors (Lipinski definition) is 1. The number of rotatable bonds is 4. The monoisotopic (exact) mass is 471 g/mol. The van der Waals surface area contributed by atoms with Gasteiger partial charge in [-0.05, 0) is 26.0 Å². The molecule has 178 valence electrons. The zero-order valence-electron chi connectivity index (χ0n) is 17.7. The summed E-state index contributed by atoms with van der Waals surface area (Å²) in [5.74, 6) is -7.69. The van der Waals surface area contributed by atoms with E-state index in [1.807, 2.05) is 0 Å². The van der Waals surface area contributed by atoms with E-state index in [-0.39, 0.29) is 17.9 Å². The van der Waals surface area contributed by atoms with Crippen LogP contribution in [0.15, 0.2) is 18.3 Å². The van der Waals surface area contributed by atoms with Crippen LogP contribution in [0.25, 0.3) is 11.3 Å². The summed E-state index contributed by atoms with van der Waals surface area (Å²) >= 11 is 0. The molecule has 4 rings (SSSR count). The lowest BCUT2D eigenvalue weighted by atomic mass is 9.91. The highest BCUT2D eigenvalue weighted by atomic mass is 19.2. The van der Waals surface area contributed by atoms with Crippen LogP contribution in [0.5, 0.6) is 0 Å². The van der Waals surface area contributed by atoms with E-state index in [4.69, 9.17) is 18.9 Å². The van der Waals surface area contributed by atoms with Gasteiger partial charge in [0.25, 0.3) is 0 Å². The first-order valence-electron chi connectivity index (χ1n) is 9.91. The number of aliphatic carboxylic acids is 1. The summed E-state index contributed by atoms with van der Waals surface area (Å²) in [6, 6.07) is 0.447. The van der Waals surface area contributed by atoms with Crippen LogP contribution < -0.4 is 0 Å². The van der Waals surface area contributed by atoms with Crippen molar-refractivity contribution in [1.82, 2.24) is 15.0 Å². The first-order chi connectivity index (χ1) is 15.5. The predicted molar refractivity (Wildman–Crippen MR) is 101 cm³/mol. The van der Waals surface area contributed by atoms with E-state index in [9.17, 15) is 27.9 Å². The van der Waals surface area contributed by atoms with Crippen molar-refractivity contribution in [3.63, 3.8) is 0 Å². The number of carboxylic acid groups (broad SMARTS) is 1. The predicted octanol–water partition coefficient (Wildman–Crippen LogP) is 1.84. The second kappa shape index (κ2) is 8.39. The maximum Gasteiger partial charge on any atom is 0.336 e. The minimum Gasteiger partial charge on any atom is -0.479 e. The molecule has 2 aliphatic heterocycles. The first-order valence-corrected chi connectivity index (χ1v) is 9.91. The number of carbonyl (C=O) groups is 2. The Morgan fingerprint density at radius 1 is 1.24 bits per heavy atom. The van der Waals surface area contributed by atoms with Crippen molar-refractivity contribution in [2.24, 2.45) is 0 Å². The summed E-state index contributed by atoms with van der Waals surface area (Å²) < 4.78 is 64.3. The lowest BCUT2D eigenvalue weighted by molar-refractivity contribution is -0.346. The van der Waals surface area contributed by atoms with Gasteiger partial charge in [-0.2, -0.15) is 0 Å². The fourth-order valence-electron chi connectivity index (χ4n) is 3.93. The molecular formula is C20H20F3N3O7. The molecule has 0 amide bonds. The van der Waals surface area contributed by atoms with Gasteiger partial charge in [-0.25, -0.2) is 22.6 Å². The lowest BCUT2D eigenvalue weighted by Crippen LogP contribution is -2.64. The van der Waals surface area contributed by atoms with Gasteiger partial charge >= 0.3 is 11.9 Å². The molecule has 0 spiro atoms. The molecule has 0 saturated carbocycles. The molecule has 1 aromatic carbocycles. The van der Waals surface area contributed by atoms with Gasteiger partial charge < -0.3 is 24.1 Å². The number of carbonyl (C=O) groups excluding carboxylic acids is 1. The topological polar surface area (TPSA) is 122 Å². The molecule has 0 bridgehead atoms. The van der Waals surface area contributed by atoms with Gasteiger partial charge in [0.15, 0.2) is 35.4 Å². The minimum atomic E-state index is -1.63. The second-order valence-corrected chi connectivity index (χ2v) is 8.13. The maximum atomic E-state index is 13.7. The molecule has 2 aliphatic rings. The molecule has 1 aromatic heterocycles. The molecule has 2 aromatic rings. The molecule has 1 N–H and O–H groups in total. The van der Waals surface area contributed by atoms with Crippen LogP contribution in [0.4, 0.5) is 13.2 Å². The Kier molecular flexibility index (Phi) is 5.88. The number of ether oxygens (including phenoxy) is 4. The van der Waals surface area contributed by atoms with Crippen molar-refractivity contribution < 1.29 is 46.8 Å². The zero-order valence-corrected chi connectivity index (χ0v) is 17.7. The highest BCUT2D eigenvalue weighted by Crippen LogP contribution is 2.40. The Bertz CT molecular complexity index is 1070. The third kappa shape index (κ3) is 4.43. The normalized spacial score (nSPS) is 28.7. The molecule has 2 fully saturated rings. The summed E-state index contributed by atoms with van der Waals surface area (Å²) in [5.41, 5.74) is -0.135. The molecule has 33 heavy (non-hydrogen) atoms. The SMILES string of the molecule is CC(=O)O[C@@H]1[C@@H](n2cc(-c3cc(F)c(F)c(F)c3)nn2)[C@H]2OC(C)(C)OC[C@H]2O[C@H]1C(=O)O. The molecule has 0 aliphatic carbocycles. The highest BCUT2D eigenvalue weighted by molar-refractivity contribution is 5.75. The zero-order chi connectivity index (χ0) is 24.1. The van der Waals surface area contributed by atoms with Gasteiger partial charge in [-0.1, -0.05) is 5.21 Å². The Hall–Kier alpha value is -3.03. The van der Waals surface area contributed by atoms with Crippen LogP contribution in [0.2, 0.25) is 0 Å². The number of aromatic nitrogens is 3. The van der Waals surface area contributed by atoms with Crippen LogP contribution in [0.1, 0.15) is 26.8 Å². The van der Waals surface area contributed by atoms with E-state index in [0.717, 1.165) is 19.1 Å². The second-order valence-electron chi connectivity index (χ2n) is 8.13. The Morgan fingerprint density at radius 3 is 2.52 bits per heavy atom. The number of benzene rings is 1. The van der Waals surface area contributed by atoms with Crippen molar-refractivity contribution in [2.45, 2.75) is 57.0 Å². The van der Waals surface area contributed by atoms with Crippen molar-refractivity contribution in [2.75, 3.05) is 6.61 Å². The van der Waals surface area contributed by atoms with E-state index in [2.05, 4.69) is 10.3 Å². The number of esters is 1. The van der Waals surface area contributed by atoms with Gasteiger partial charge in [-0.15, -0.1) is 5.10 Å². The third-order valence-corrected chi connectivity index (χ3v) is 5.32. The lowest BCUT2D eigenvalue weighted by Gasteiger charge is -2.49. The molecule has 0 radical (unpaired) electrons. The van der Waals surface area contributed by atoms with Crippen molar-refractivity contribution >= 4 is 11.9 Å². The van der Waals surface area contributed by atoms with E-state index in [1.165, 1.54) is 10.9 Å². The molecule has 13 heteroatoms. The summed E-state index contributed by atoms with van der Waals surface area (Å²) in [5, 5.41) is 17.5. The average Bonchev–Trinajstić information content (AvgIpc) is 3.19. The first kappa shape index (κ1) is 23.1. The number of carboxylic acids is 1. The van der Waals surface area contributed by atoms with Crippen LogP contribution in [-0.2, 0) is 28.5 Å². The van der Waals surface area contributed by atoms with E-state index in [1.54, 1.807) is 13.8 Å². The van der Waals surface area contributed by atoms with Crippen LogP contribution >= 0.6 is 0 Å². The van der Waals surface area contributed by atoms with E-state index >= 15 is 0 Å². The molecule has 3 heterocycles. The summed E-state index contributed by atoms with van der Waals surface area (Å²) in [7, 11) is 0. The minimum absolute atomic E-state index is 0.0132. The number of fused-ring (bicyclic) bond motifs is 1. The van der Waals surface area contributed by atoms with Gasteiger partial charge in [0.2, 0.25) is 0 Å². The van der Waals surface area contributed by atoms with Crippen molar-refractivity contribution in [3.05, 3.63) is 35.8 Å². The summed E-state index contributed by atoms with van der Waals surface area (Å²) in [6.07, 6.45) is -3.44. The van der Waals surface area contributed by atoms with Gasteiger partial charge in [-0.3, -0.25) is 4.79 Å². The van der Waals surface area contributed by atoms with Gasteiger partial charge in [0, 0.05) is 12.5 Å². The Morgan fingerprint density at radius 2 is 1.91 bits per heavy atom. The smallest absolute Gasteiger partial charge is 0.336 e. The van der Waals surface area contributed by atoms with Gasteiger partial charge in [0.1, 0.15) is 23.9 Å². The van der Waals surface area contributed by atoms with Crippen LogP contribution in [-0.4, -0.2) is 68.8 Å². The molecular weight excluding hydrogens is 451 g/mol. The molecule has 2 saturated heterocycles. The number of nitrogens with zero attached hydrogens (tertiary/aromatic N) is 3. The standard InChI is InChI=1S/C20H20F3N3O7/c1-8(27)31-17-15(16-13(32-18(17)19(28)29)7-30-20(2,3)33-16)26-6-12(24-25-26)9-4-10(21)14(23)11(22)5-9/h4-6,13,15-18H,7H2,1-3H3,(H,28,29)/t13-,15+,16+,17-,18-/m1/s1. The van der Waals surface area contributed by atoms with E-state index < -0.39 is 65.6 Å². The quantitative estimate of drug-likeness (QED) is 0.526. The van der Waals surface area contributed by atoms with Crippen molar-refractivity contribution in [3.8, 4) is 11.3 Å². The molecule has 5 atom stereocenters. The third-order valence-electron chi connectivity index (χ3n) is 5.32. The Balaban J connectivity index is 1.78. The maximum absolute atomic E-state index is 13.7. The summed E-state index contributed by atoms with van der Waals surface area (Å²) in [6.45, 7) is 4.37. The molecule has 10 nitrogen and oxygen atoms in total. The van der Waals surface area contributed by atoms with Gasteiger partial charge in [0.05, 0.1) is 12.8 Å². The molecule has 0 unspecified atom stereocenters. The number of halogens is 3. The largest absolute Gasteiger partial charge is 0.479 e. The van der Waals surface area contributed by atoms with E-state index in [0.29, 0.717) is 0 Å². The fraction of sp³-hybridized carbons (Fsp3) is 0.500. The average molecular weight is 471 g/mol. The summed E-state index contributed by atoms with van der Waals surface area (Å²) in [4.78, 5) is 23.7. The fourth-order valence-corrected chi connectivity index (χ4v) is 3.93. The highest BCUT2D eigenvalue weighted by Gasteiger charge is 2.56. The van der Waals surface area contributed by atoms with Crippen LogP contribution in [0, 0.1) is 17.5 Å². The number of hydrogen-bond acceptors (Lipinski definition) is 8. The van der Waals surface area contributed by atoms with Crippen molar-refractivity contribution in [1.29, 1.82) is 0 Å².